The SMILES string of the molecule is OCc1ccc2ccn(Cc3ccc(Cl)c(Cl)c3)c2c1. The van der Waals surface area contributed by atoms with Gasteiger partial charge in [-0.1, -0.05) is 41.4 Å². The molecule has 0 aliphatic carbocycles. The van der Waals surface area contributed by atoms with Crippen molar-refractivity contribution in [2.75, 3.05) is 0 Å². The van der Waals surface area contributed by atoms with Gasteiger partial charge in [0.05, 0.1) is 16.7 Å². The van der Waals surface area contributed by atoms with Crippen LogP contribution in [-0.2, 0) is 13.2 Å². The number of aliphatic hydroxyl groups is 1. The second-order valence-corrected chi connectivity index (χ2v) is 5.56. The maximum Gasteiger partial charge on any atom is 0.0682 e. The molecule has 0 spiro atoms. The van der Waals surface area contributed by atoms with Crippen LogP contribution in [0.5, 0.6) is 0 Å². The van der Waals surface area contributed by atoms with E-state index >= 15 is 0 Å². The van der Waals surface area contributed by atoms with Gasteiger partial charge in [-0.2, -0.15) is 0 Å². The number of nitrogens with zero attached hydrogens (tertiary/aromatic N) is 1. The molecule has 4 heteroatoms. The van der Waals surface area contributed by atoms with Crippen LogP contribution < -0.4 is 0 Å². The van der Waals surface area contributed by atoms with Crippen LogP contribution >= 0.6 is 23.2 Å². The minimum absolute atomic E-state index is 0.0495. The Balaban J connectivity index is 1.99. The van der Waals surface area contributed by atoms with Crippen LogP contribution in [0.1, 0.15) is 11.1 Å². The first-order chi connectivity index (χ1) is 9.67. The predicted molar refractivity (Wildman–Crippen MR) is 83.4 cm³/mol. The molecule has 1 heterocycles. The average molecular weight is 306 g/mol. The van der Waals surface area contributed by atoms with Crippen LogP contribution in [0.2, 0.25) is 10.0 Å². The third-order valence-corrected chi connectivity index (χ3v) is 4.10. The summed E-state index contributed by atoms with van der Waals surface area (Å²) in [5, 5.41) is 11.5. The van der Waals surface area contributed by atoms with Crippen LogP contribution in [-0.4, -0.2) is 9.67 Å². The summed E-state index contributed by atoms with van der Waals surface area (Å²) in [5.74, 6) is 0. The summed E-state index contributed by atoms with van der Waals surface area (Å²) in [5.41, 5.74) is 3.10. The lowest BCUT2D eigenvalue weighted by molar-refractivity contribution is 0.282. The van der Waals surface area contributed by atoms with Gasteiger partial charge in [0.15, 0.2) is 0 Å². The highest BCUT2D eigenvalue weighted by Gasteiger charge is 2.05. The fourth-order valence-corrected chi connectivity index (χ4v) is 2.62. The predicted octanol–water partition coefficient (Wildman–Crippen LogP) is 4.49. The van der Waals surface area contributed by atoms with Crippen molar-refractivity contribution in [1.82, 2.24) is 4.57 Å². The van der Waals surface area contributed by atoms with Gasteiger partial charge in [0.1, 0.15) is 0 Å². The number of aromatic nitrogens is 1. The normalized spacial score (nSPS) is 11.2. The number of fused-ring (bicyclic) bond motifs is 1. The molecular weight excluding hydrogens is 293 g/mol. The lowest BCUT2D eigenvalue weighted by Gasteiger charge is -2.08. The lowest BCUT2D eigenvalue weighted by Crippen LogP contribution is -1.98. The first-order valence-corrected chi connectivity index (χ1v) is 7.05. The van der Waals surface area contributed by atoms with Gasteiger partial charge in [0.2, 0.25) is 0 Å². The lowest BCUT2D eigenvalue weighted by atomic mass is 10.1. The first kappa shape index (κ1) is 13.5. The van der Waals surface area contributed by atoms with E-state index in [-0.39, 0.29) is 6.61 Å². The summed E-state index contributed by atoms with van der Waals surface area (Å²) >= 11 is 12.0. The highest BCUT2D eigenvalue weighted by Crippen LogP contribution is 2.24. The minimum Gasteiger partial charge on any atom is -0.392 e. The second kappa shape index (κ2) is 5.49. The van der Waals surface area contributed by atoms with E-state index in [0.29, 0.717) is 10.0 Å². The van der Waals surface area contributed by atoms with Crippen molar-refractivity contribution in [2.45, 2.75) is 13.2 Å². The average Bonchev–Trinajstić information content (AvgIpc) is 2.85. The number of benzene rings is 2. The van der Waals surface area contributed by atoms with Crippen LogP contribution in [0.25, 0.3) is 10.9 Å². The Bertz CT molecular complexity index is 764. The Hall–Kier alpha value is -1.48. The topological polar surface area (TPSA) is 25.2 Å². The molecule has 0 saturated carbocycles. The number of aliphatic hydroxyl groups excluding tert-OH is 1. The molecule has 0 aliphatic rings. The van der Waals surface area contributed by atoms with Gasteiger partial charge in [0, 0.05) is 18.3 Å². The van der Waals surface area contributed by atoms with E-state index < -0.39 is 0 Å². The zero-order valence-corrected chi connectivity index (χ0v) is 12.2. The molecule has 0 atom stereocenters. The van der Waals surface area contributed by atoms with E-state index in [4.69, 9.17) is 23.2 Å². The quantitative estimate of drug-likeness (QED) is 0.758. The van der Waals surface area contributed by atoms with E-state index in [1.54, 1.807) is 0 Å². The molecular formula is C16H13Cl2NO. The zero-order chi connectivity index (χ0) is 14.1. The smallest absolute Gasteiger partial charge is 0.0682 e. The van der Waals surface area contributed by atoms with E-state index in [2.05, 4.69) is 10.6 Å². The Morgan fingerprint density at radius 3 is 2.45 bits per heavy atom. The van der Waals surface area contributed by atoms with E-state index in [1.165, 1.54) is 0 Å². The second-order valence-electron chi connectivity index (χ2n) is 4.74. The van der Waals surface area contributed by atoms with Gasteiger partial charge < -0.3 is 9.67 Å². The van der Waals surface area contributed by atoms with Gasteiger partial charge in [0.25, 0.3) is 0 Å². The van der Waals surface area contributed by atoms with E-state index in [1.807, 2.05) is 42.6 Å². The Kier molecular flexibility index (Phi) is 3.70. The number of hydrogen-bond donors (Lipinski definition) is 1. The van der Waals surface area contributed by atoms with Crippen LogP contribution in [0, 0.1) is 0 Å². The monoisotopic (exact) mass is 305 g/mol. The molecule has 1 N–H and O–H groups in total. The first-order valence-electron chi connectivity index (χ1n) is 6.30. The third kappa shape index (κ3) is 2.55. The fraction of sp³-hybridized carbons (Fsp3) is 0.125. The number of halogens is 2. The summed E-state index contributed by atoms with van der Waals surface area (Å²) in [7, 11) is 0. The molecule has 0 saturated heterocycles. The third-order valence-electron chi connectivity index (χ3n) is 3.36. The van der Waals surface area contributed by atoms with Crippen molar-refractivity contribution in [1.29, 1.82) is 0 Å². The van der Waals surface area contributed by atoms with Crippen LogP contribution in [0.4, 0.5) is 0 Å². The molecule has 102 valence electrons. The molecule has 2 nitrogen and oxygen atoms in total. The van der Waals surface area contributed by atoms with Gasteiger partial charge in [-0.05, 0) is 40.8 Å². The summed E-state index contributed by atoms with van der Waals surface area (Å²) in [6.07, 6.45) is 2.04. The Morgan fingerprint density at radius 2 is 1.70 bits per heavy atom. The summed E-state index contributed by atoms with van der Waals surface area (Å²) in [6.45, 7) is 0.767. The highest BCUT2D eigenvalue weighted by atomic mass is 35.5. The van der Waals surface area contributed by atoms with Crippen molar-refractivity contribution in [3.63, 3.8) is 0 Å². The fourth-order valence-electron chi connectivity index (χ4n) is 2.30. The number of hydrogen-bond acceptors (Lipinski definition) is 1. The molecule has 20 heavy (non-hydrogen) atoms. The molecule has 0 aliphatic heterocycles. The van der Waals surface area contributed by atoms with Crippen molar-refractivity contribution in [3.05, 3.63) is 69.8 Å². The maximum atomic E-state index is 9.24. The van der Waals surface area contributed by atoms with Crippen LogP contribution in [0.15, 0.2) is 48.7 Å². The number of rotatable bonds is 3. The van der Waals surface area contributed by atoms with E-state index in [9.17, 15) is 5.11 Å². The van der Waals surface area contributed by atoms with Gasteiger partial charge in [-0.15, -0.1) is 0 Å². The highest BCUT2D eigenvalue weighted by molar-refractivity contribution is 6.42. The van der Waals surface area contributed by atoms with Crippen molar-refractivity contribution in [2.24, 2.45) is 0 Å². The zero-order valence-electron chi connectivity index (χ0n) is 10.7. The summed E-state index contributed by atoms with van der Waals surface area (Å²) < 4.78 is 2.13. The minimum atomic E-state index is 0.0495. The largest absolute Gasteiger partial charge is 0.392 e. The van der Waals surface area contributed by atoms with Crippen molar-refractivity contribution >= 4 is 34.1 Å². The van der Waals surface area contributed by atoms with E-state index in [0.717, 1.165) is 28.6 Å². The molecule has 0 radical (unpaired) electrons. The molecule has 0 amide bonds. The molecule has 0 fully saturated rings. The Labute approximate surface area is 127 Å². The summed E-state index contributed by atoms with van der Waals surface area (Å²) in [6, 6.07) is 13.7. The maximum absolute atomic E-state index is 9.24. The molecule has 3 rings (SSSR count). The van der Waals surface area contributed by atoms with Gasteiger partial charge in [-0.3, -0.25) is 0 Å². The van der Waals surface area contributed by atoms with Crippen LogP contribution in [0.3, 0.4) is 0 Å². The molecule has 2 aromatic carbocycles. The summed E-state index contributed by atoms with van der Waals surface area (Å²) in [4.78, 5) is 0. The Morgan fingerprint density at radius 1 is 0.900 bits per heavy atom. The standard InChI is InChI=1S/C16H13Cl2NO/c17-14-4-2-11(7-15(14)18)9-19-6-5-13-3-1-12(10-20)8-16(13)19/h1-8,20H,9-10H2. The molecule has 1 aromatic heterocycles. The van der Waals surface area contributed by atoms with Crippen molar-refractivity contribution in [3.8, 4) is 0 Å². The molecule has 3 aromatic rings. The molecule has 0 unspecified atom stereocenters. The molecule has 0 bridgehead atoms. The van der Waals surface area contributed by atoms with Gasteiger partial charge in [-0.25, -0.2) is 0 Å². The van der Waals surface area contributed by atoms with Gasteiger partial charge >= 0.3 is 0 Å². The van der Waals surface area contributed by atoms with Crippen molar-refractivity contribution < 1.29 is 5.11 Å².